The Bertz CT molecular complexity index is 2640. The minimum atomic E-state index is -0.390. The van der Waals surface area contributed by atoms with Gasteiger partial charge in [0.05, 0.1) is 29.1 Å². The molecule has 0 radical (unpaired) electrons. The van der Waals surface area contributed by atoms with Crippen molar-refractivity contribution < 1.29 is 9.53 Å². The first-order valence-electron chi connectivity index (χ1n) is 16.8. The fourth-order valence-electron chi connectivity index (χ4n) is 7.25. The summed E-state index contributed by atoms with van der Waals surface area (Å²) < 4.78 is 6.35. The highest BCUT2D eigenvalue weighted by Gasteiger charge is 2.21. The molecule has 1 aromatic heterocycles. The molecule has 0 saturated heterocycles. The monoisotopic (exact) mass is 645 g/mol. The smallest absolute Gasteiger partial charge is 0.352 e. The fourth-order valence-corrected chi connectivity index (χ4v) is 7.25. The summed E-state index contributed by atoms with van der Waals surface area (Å²) in [5.41, 5.74) is 7.51. The minimum absolute atomic E-state index is 0.390. The first kappa shape index (κ1) is 29.5. The molecule has 0 unspecified atom stereocenters. The molecule has 0 bridgehead atoms. The molecule has 0 aliphatic carbocycles. The second-order valence-corrected chi connectivity index (χ2v) is 12.4. The highest BCUT2D eigenvalue weighted by Crippen LogP contribution is 2.45. The lowest BCUT2D eigenvalue weighted by Crippen LogP contribution is -2.23. The quantitative estimate of drug-likeness (QED) is 0.175. The van der Waals surface area contributed by atoms with Crippen LogP contribution in [0.2, 0.25) is 0 Å². The molecule has 8 aromatic rings. The molecule has 5 heteroatoms. The highest BCUT2D eigenvalue weighted by atomic mass is 16.5. The first-order chi connectivity index (χ1) is 24.7. The van der Waals surface area contributed by atoms with Crippen molar-refractivity contribution in [2.75, 3.05) is 11.5 Å². The third-order valence-corrected chi connectivity index (χ3v) is 9.48. The SMILES string of the molecule is CCOc1c2c(nc3ccc(-c4c5ccccc5c(-c5ccc6ccccc6c5)c5ccccc45)cc13)/C=C\N(c1ccccc1)C(=O)/N=C\2. The standard InChI is InChI=1S/C45H31N3O2/c1-2-50-44-38-27-32(22-23-40(38)47-41-24-25-48(33-14-4-3-5-15-33)45(49)46-28-39(41)44)43-36-18-10-8-16-34(36)42(35-17-9-11-19-37(35)43)31-21-20-29-12-6-7-13-30(29)26-31/h3-28H,2H2,1H3/b25-24-,46-28-. The van der Waals surface area contributed by atoms with Gasteiger partial charge in [0.1, 0.15) is 5.75 Å². The number of fused-ring (bicyclic) bond motifs is 5. The number of aromatic nitrogens is 1. The Balaban J connectivity index is 1.26. The van der Waals surface area contributed by atoms with Crippen molar-refractivity contribution in [2.45, 2.75) is 6.92 Å². The van der Waals surface area contributed by atoms with Crippen molar-refractivity contribution >= 4 is 67.2 Å². The van der Waals surface area contributed by atoms with E-state index in [1.807, 2.05) is 43.3 Å². The summed E-state index contributed by atoms with van der Waals surface area (Å²) in [6.07, 6.45) is 5.17. The van der Waals surface area contributed by atoms with E-state index >= 15 is 0 Å². The maximum atomic E-state index is 13.2. The van der Waals surface area contributed by atoms with Gasteiger partial charge in [-0.25, -0.2) is 14.8 Å². The zero-order chi connectivity index (χ0) is 33.6. The zero-order valence-electron chi connectivity index (χ0n) is 27.4. The molecule has 7 aromatic carbocycles. The number of aliphatic imine (C=N–C) groups is 1. The molecular formula is C45H31N3O2. The molecule has 238 valence electrons. The third kappa shape index (κ3) is 4.91. The predicted molar refractivity (Wildman–Crippen MR) is 207 cm³/mol. The number of carbonyl (C=O) groups is 1. The molecule has 50 heavy (non-hydrogen) atoms. The number of para-hydroxylation sites is 1. The maximum Gasteiger partial charge on any atom is 0.352 e. The number of amides is 2. The van der Waals surface area contributed by atoms with Crippen molar-refractivity contribution in [3.8, 4) is 28.0 Å². The van der Waals surface area contributed by atoms with E-state index in [1.54, 1.807) is 12.4 Å². The van der Waals surface area contributed by atoms with E-state index in [4.69, 9.17) is 9.72 Å². The highest BCUT2D eigenvalue weighted by molar-refractivity contribution is 6.22. The van der Waals surface area contributed by atoms with Gasteiger partial charge in [-0.2, -0.15) is 0 Å². The zero-order valence-corrected chi connectivity index (χ0v) is 27.4. The Kier molecular flexibility index (Phi) is 7.17. The predicted octanol–water partition coefficient (Wildman–Crippen LogP) is 11.5. The Morgan fingerprint density at radius 1 is 0.620 bits per heavy atom. The number of nitrogens with zero attached hydrogens (tertiary/aromatic N) is 3. The van der Waals surface area contributed by atoms with Gasteiger partial charge in [-0.05, 0) is 97.9 Å². The number of anilines is 1. The van der Waals surface area contributed by atoms with Crippen molar-refractivity contribution in [1.29, 1.82) is 0 Å². The number of benzene rings is 7. The Hall–Kier alpha value is -6.59. The summed E-state index contributed by atoms with van der Waals surface area (Å²) in [7, 11) is 0. The Morgan fingerprint density at radius 2 is 1.22 bits per heavy atom. The van der Waals surface area contributed by atoms with E-state index < -0.39 is 0 Å². The largest absolute Gasteiger partial charge is 0.492 e. The number of ether oxygens (including phenoxy) is 1. The van der Waals surface area contributed by atoms with Gasteiger partial charge < -0.3 is 4.74 Å². The van der Waals surface area contributed by atoms with Crippen LogP contribution in [-0.2, 0) is 0 Å². The molecule has 0 atom stereocenters. The average molecular weight is 646 g/mol. The van der Waals surface area contributed by atoms with Crippen LogP contribution in [0.1, 0.15) is 18.2 Å². The maximum absolute atomic E-state index is 13.2. The lowest BCUT2D eigenvalue weighted by atomic mass is 9.85. The Labute approximate surface area is 289 Å². The van der Waals surface area contributed by atoms with E-state index in [9.17, 15) is 4.79 Å². The molecule has 2 amide bonds. The number of pyridine rings is 1. The summed E-state index contributed by atoms with van der Waals surface area (Å²) in [6.45, 7) is 2.41. The molecular weight excluding hydrogens is 615 g/mol. The van der Waals surface area contributed by atoms with Gasteiger partial charge in [-0.15, -0.1) is 0 Å². The van der Waals surface area contributed by atoms with Crippen LogP contribution < -0.4 is 9.64 Å². The van der Waals surface area contributed by atoms with Gasteiger partial charge in [-0.1, -0.05) is 109 Å². The molecule has 0 fully saturated rings. The van der Waals surface area contributed by atoms with Gasteiger partial charge in [0, 0.05) is 17.8 Å². The van der Waals surface area contributed by atoms with Crippen molar-refractivity contribution in [3.05, 3.63) is 157 Å². The molecule has 5 nitrogen and oxygen atoms in total. The van der Waals surface area contributed by atoms with Gasteiger partial charge >= 0.3 is 6.03 Å². The molecule has 1 aliphatic heterocycles. The van der Waals surface area contributed by atoms with E-state index in [2.05, 4.69) is 114 Å². The lowest BCUT2D eigenvalue weighted by molar-refractivity contribution is 0.256. The number of hydrogen-bond acceptors (Lipinski definition) is 3. The van der Waals surface area contributed by atoms with Gasteiger partial charge in [-0.3, -0.25) is 4.90 Å². The van der Waals surface area contributed by atoms with Gasteiger partial charge in [0.25, 0.3) is 0 Å². The number of rotatable bonds is 5. The van der Waals surface area contributed by atoms with Crippen LogP contribution in [0, 0.1) is 0 Å². The van der Waals surface area contributed by atoms with Gasteiger partial charge in [0.2, 0.25) is 0 Å². The molecule has 0 N–H and O–H groups in total. The fraction of sp³-hybridized carbons (Fsp3) is 0.0444. The topological polar surface area (TPSA) is 54.8 Å². The van der Waals surface area contributed by atoms with Crippen LogP contribution >= 0.6 is 0 Å². The van der Waals surface area contributed by atoms with E-state index in [-0.39, 0.29) is 6.03 Å². The first-order valence-corrected chi connectivity index (χ1v) is 16.8. The van der Waals surface area contributed by atoms with Crippen LogP contribution in [0.4, 0.5) is 10.5 Å². The van der Waals surface area contributed by atoms with Crippen LogP contribution in [0.3, 0.4) is 0 Å². The molecule has 0 saturated carbocycles. The summed E-state index contributed by atoms with van der Waals surface area (Å²) in [5.74, 6) is 0.658. The van der Waals surface area contributed by atoms with E-state index in [1.165, 1.54) is 48.3 Å². The number of carbonyl (C=O) groups excluding carboxylic acids is 1. The van der Waals surface area contributed by atoms with Crippen molar-refractivity contribution in [2.24, 2.45) is 4.99 Å². The summed E-state index contributed by atoms with van der Waals surface area (Å²) >= 11 is 0. The normalized spacial score (nSPS) is 14.1. The summed E-state index contributed by atoms with van der Waals surface area (Å²) in [4.78, 5) is 24.1. The van der Waals surface area contributed by atoms with E-state index in [0.29, 0.717) is 23.6 Å². The van der Waals surface area contributed by atoms with Crippen molar-refractivity contribution in [1.82, 2.24) is 4.98 Å². The number of urea groups is 1. The summed E-state index contributed by atoms with van der Waals surface area (Å²) in [6, 6.07) is 48.1. The molecule has 9 rings (SSSR count). The molecule has 2 heterocycles. The lowest BCUT2D eigenvalue weighted by Gasteiger charge is -2.20. The molecule has 0 spiro atoms. The average Bonchev–Trinajstić information content (AvgIpc) is 3.16. The van der Waals surface area contributed by atoms with Crippen LogP contribution in [0.15, 0.2) is 151 Å². The van der Waals surface area contributed by atoms with E-state index in [0.717, 1.165) is 27.7 Å². The summed E-state index contributed by atoms with van der Waals surface area (Å²) in [5, 5.41) is 8.03. The van der Waals surface area contributed by atoms with Crippen LogP contribution in [0.5, 0.6) is 5.75 Å². The van der Waals surface area contributed by atoms with Gasteiger partial charge in [0.15, 0.2) is 0 Å². The minimum Gasteiger partial charge on any atom is -0.492 e. The van der Waals surface area contributed by atoms with Crippen LogP contribution in [-0.4, -0.2) is 23.8 Å². The third-order valence-electron chi connectivity index (χ3n) is 9.48. The molecule has 1 aliphatic rings. The second kappa shape index (κ2) is 12.1. The van der Waals surface area contributed by atoms with Crippen LogP contribution in [0.25, 0.3) is 71.6 Å². The second-order valence-electron chi connectivity index (χ2n) is 12.4. The Morgan fingerprint density at radius 3 is 1.90 bits per heavy atom. The number of hydrogen-bond donors (Lipinski definition) is 0. The van der Waals surface area contributed by atoms with Crippen molar-refractivity contribution in [3.63, 3.8) is 0 Å².